The normalized spacial score (nSPS) is 9.35. The summed E-state index contributed by atoms with van der Waals surface area (Å²) >= 11 is 11.1. The Morgan fingerprint density at radius 2 is 1.53 bits per heavy atom. The molecule has 2 rings (SSSR count). The van der Waals surface area contributed by atoms with Gasteiger partial charge in [-0.3, -0.25) is 0 Å². The van der Waals surface area contributed by atoms with Crippen LogP contribution in [-0.4, -0.2) is 10.2 Å². The summed E-state index contributed by atoms with van der Waals surface area (Å²) in [4.78, 5) is 0. The van der Waals surface area contributed by atoms with E-state index in [-0.39, 0.29) is 11.5 Å². The van der Waals surface area contributed by atoms with E-state index in [1.54, 1.807) is 42.5 Å². The first-order valence-corrected chi connectivity index (χ1v) is 5.65. The van der Waals surface area contributed by atoms with E-state index in [0.29, 0.717) is 10.0 Å². The average molecular weight is 271 g/mol. The second kappa shape index (κ2) is 6.38. The zero-order chi connectivity index (χ0) is 12.8. The minimum absolute atomic E-state index is 0.133. The lowest BCUT2D eigenvalue weighted by atomic mass is 10.2. The van der Waals surface area contributed by atoms with Crippen molar-refractivity contribution in [1.29, 1.82) is 0 Å². The summed E-state index contributed by atoms with van der Waals surface area (Å²) in [6.07, 6.45) is 0. The molecule has 0 atom stereocenters. The Hall–Kier alpha value is -1.38. The third-order valence-electron chi connectivity index (χ3n) is 1.99. The molecule has 4 heteroatoms. The number of rotatable bonds is 0. The van der Waals surface area contributed by atoms with Gasteiger partial charge in [0, 0.05) is 5.02 Å². The molecular weight excluding hydrogens is 259 g/mol. The van der Waals surface area contributed by atoms with Crippen molar-refractivity contribution in [3.63, 3.8) is 0 Å². The van der Waals surface area contributed by atoms with E-state index >= 15 is 0 Å². The second-order valence-corrected chi connectivity index (χ2v) is 4.20. The number of phenolic OH excluding ortho intramolecular Hbond substituents is 2. The zero-order valence-electron chi connectivity index (χ0n) is 9.19. The largest absolute Gasteiger partial charge is 0.508 e. The average Bonchev–Trinajstić information content (AvgIpc) is 2.29. The van der Waals surface area contributed by atoms with Gasteiger partial charge in [0.15, 0.2) is 0 Å². The Morgan fingerprint density at radius 1 is 0.882 bits per heavy atom. The van der Waals surface area contributed by atoms with Crippen LogP contribution >= 0.6 is 23.2 Å². The minimum Gasteiger partial charge on any atom is -0.508 e. The maximum absolute atomic E-state index is 8.88. The van der Waals surface area contributed by atoms with Crippen molar-refractivity contribution in [3.8, 4) is 11.5 Å². The Labute approximate surface area is 110 Å². The van der Waals surface area contributed by atoms with Gasteiger partial charge in [-0.1, -0.05) is 35.3 Å². The van der Waals surface area contributed by atoms with Crippen molar-refractivity contribution in [2.75, 3.05) is 0 Å². The van der Waals surface area contributed by atoms with E-state index in [1.165, 1.54) is 0 Å². The molecule has 0 saturated heterocycles. The van der Waals surface area contributed by atoms with E-state index in [1.807, 2.05) is 6.92 Å². The molecule has 90 valence electrons. The zero-order valence-corrected chi connectivity index (χ0v) is 10.7. The van der Waals surface area contributed by atoms with E-state index in [2.05, 4.69) is 0 Å². The van der Waals surface area contributed by atoms with Gasteiger partial charge < -0.3 is 10.2 Å². The molecule has 17 heavy (non-hydrogen) atoms. The number of aryl methyl sites for hydroxylation is 1. The van der Waals surface area contributed by atoms with Crippen molar-refractivity contribution in [3.05, 3.63) is 58.1 Å². The fourth-order valence-electron chi connectivity index (χ4n) is 1.08. The van der Waals surface area contributed by atoms with Crippen molar-refractivity contribution in [2.45, 2.75) is 6.92 Å². The molecular formula is C13H12Cl2O2. The Kier molecular flexibility index (Phi) is 5.13. The standard InChI is InChI=1S/C7H7ClO.C6H5ClO/c1-5-4-6(9)2-3-7(5)8;7-5-3-1-2-4-6(5)8/h2-4,9H,1H3;1-4,8H. The van der Waals surface area contributed by atoms with Crippen LogP contribution in [0.2, 0.25) is 10.0 Å². The van der Waals surface area contributed by atoms with Crippen molar-refractivity contribution >= 4 is 23.2 Å². The van der Waals surface area contributed by atoms with Gasteiger partial charge in [0.05, 0.1) is 5.02 Å². The van der Waals surface area contributed by atoms with Gasteiger partial charge in [-0.05, 0) is 42.8 Å². The summed E-state index contributed by atoms with van der Waals surface area (Å²) in [6.45, 7) is 1.85. The van der Waals surface area contributed by atoms with Gasteiger partial charge in [-0.15, -0.1) is 0 Å². The van der Waals surface area contributed by atoms with Crippen LogP contribution in [0.4, 0.5) is 0 Å². The lowest BCUT2D eigenvalue weighted by Gasteiger charge is -1.95. The van der Waals surface area contributed by atoms with Crippen molar-refractivity contribution in [1.82, 2.24) is 0 Å². The fraction of sp³-hybridized carbons (Fsp3) is 0.0769. The molecule has 2 aromatic rings. The van der Waals surface area contributed by atoms with Gasteiger partial charge >= 0.3 is 0 Å². The molecule has 0 aliphatic rings. The quantitative estimate of drug-likeness (QED) is 0.745. The number of phenols is 2. The van der Waals surface area contributed by atoms with Crippen LogP contribution in [0.3, 0.4) is 0 Å². The first kappa shape index (κ1) is 13.7. The molecule has 0 radical (unpaired) electrons. The highest BCUT2D eigenvalue weighted by Gasteiger charge is 1.93. The van der Waals surface area contributed by atoms with Crippen molar-refractivity contribution < 1.29 is 10.2 Å². The topological polar surface area (TPSA) is 40.5 Å². The van der Waals surface area contributed by atoms with Crippen LogP contribution in [0.5, 0.6) is 11.5 Å². The number of benzene rings is 2. The highest BCUT2D eigenvalue weighted by Crippen LogP contribution is 2.20. The van der Waals surface area contributed by atoms with Gasteiger partial charge in [0.1, 0.15) is 11.5 Å². The first-order valence-electron chi connectivity index (χ1n) is 4.89. The molecule has 0 saturated carbocycles. The molecule has 0 bridgehead atoms. The molecule has 0 fully saturated rings. The van der Waals surface area contributed by atoms with Gasteiger partial charge in [-0.25, -0.2) is 0 Å². The van der Waals surface area contributed by atoms with Crippen LogP contribution in [0.25, 0.3) is 0 Å². The number of aromatic hydroxyl groups is 2. The first-order chi connectivity index (χ1) is 8.00. The monoisotopic (exact) mass is 270 g/mol. The van der Waals surface area contributed by atoms with Crippen LogP contribution in [0.15, 0.2) is 42.5 Å². The molecule has 2 aromatic carbocycles. The molecule has 2 nitrogen and oxygen atoms in total. The predicted octanol–water partition coefficient (Wildman–Crippen LogP) is 4.40. The van der Waals surface area contributed by atoms with E-state index in [0.717, 1.165) is 5.56 Å². The molecule has 0 aliphatic heterocycles. The van der Waals surface area contributed by atoms with Gasteiger partial charge in [0.2, 0.25) is 0 Å². The summed E-state index contributed by atoms with van der Waals surface area (Å²) in [5, 5.41) is 18.7. The molecule has 0 unspecified atom stereocenters. The lowest BCUT2D eigenvalue weighted by Crippen LogP contribution is -1.71. The minimum atomic E-state index is 0.133. The number of hydrogen-bond donors (Lipinski definition) is 2. The summed E-state index contributed by atoms with van der Waals surface area (Å²) < 4.78 is 0. The van der Waals surface area contributed by atoms with Crippen LogP contribution in [0.1, 0.15) is 5.56 Å². The predicted molar refractivity (Wildman–Crippen MR) is 71.0 cm³/mol. The smallest absolute Gasteiger partial charge is 0.134 e. The number of halogens is 2. The Bertz CT molecular complexity index is 478. The fourth-order valence-corrected chi connectivity index (χ4v) is 1.33. The number of para-hydroxylation sites is 1. The van der Waals surface area contributed by atoms with E-state index in [9.17, 15) is 0 Å². The Balaban J connectivity index is 0.000000171. The van der Waals surface area contributed by atoms with Crippen molar-refractivity contribution in [2.24, 2.45) is 0 Å². The van der Waals surface area contributed by atoms with Gasteiger partial charge in [0.25, 0.3) is 0 Å². The molecule has 2 N–H and O–H groups in total. The summed E-state index contributed by atoms with van der Waals surface area (Å²) in [6, 6.07) is 11.5. The second-order valence-electron chi connectivity index (χ2n) is 3.38. The third kappa shape index (κ3) is 4.55. The van der Waals surface area contributed by atoms with E-state index in [4.69, 9.17) is 33.4 Å². The van der Waals surface area contributed by atoms with Gasteiger partial charge in [-0.2, -0.15) is 0 Å². The summed E-state index contributed by atoms with van der Waals surface area (Å²) in [5.74, 6) is 0.395. The van der Waals surface area contributed by atoms with Crippen LogP contribution < -0.4 is 0 Å². The summed E-state index contributed by atoms with van der Waals surface area (Å²) in [5.41, 5.74) is 0.900. The maximum Gasteiger partial charge on any atom is 0.134 e. The molecule has 0 aliphatic carbocycles. The van der Waals surface area contributed by atoms with E-state index < -0.39 is 0 Å². The highest BCUT2D eigenvalue weighted by atomic mass is 35.5. The Morgan fingerprint density at radius 3 is 1.94 bits per heavy atom. The number of hydrogen-bond acceptors (Lipinski definition) is 2. The maximum atomic E-state index is 8.88. The molecule has 0 spiro atoms. The SMILES string of the molecule is Cc1cc(O)ccc1Cl.Oc1ccccc1Cl. The summed E-state index contributed by atoms with van der Waals surface area (Å²) in [7, 11) is 0. The highest BCUT2D eigenvalue weighted by molar-refractivity contribution is 6.32. The van der Waals surface area contributed by atoms with Crippen LogP contribution in [-0.2, 0) is 0 Å². The molecule has 0 heterocycles. The third-order valence-corrected chi connectivity index (χ3v) is 2.74. The lowest BCUT2D eigenvalue weighted by molar-refractivity contribution is 0.474. The molecule has 0 aromatic heterocycles. The van der Waals surface area contributed by atoms with Crippen LogP contribution in [0, 0.1) is 6.92 Å². The molecule has 0 amide bonds.